The van der Waals surface area contributed by atoms with Crippen molar-refractivity contribution < 1.29 is 19.7 Å². The highest BCUT2D eigenvalue weighted by Gasteiger charge is 2.40. The van der Waals surface area contributed by atoms with Crippen molar-refractivity contribution in [1.29, 1.82) is 0 Å². The van der Waals surface area contributed by atoms with E-state index in [9.17, 15) is 19.7 Å². The van der Waals surface area contributed by atoms with Gasteiger partial charge in [0.1, 0.15) is 11.6 Å². The second-order valence-corrected chi connectivity index (χ2v) is 10.3. The lowest BCUT2D eigenvalue weighted by Gasteiger charge is -2.31. The van der Waals surface area contributed by atoms with Crippen LogP contribution in [0.25, 0.3) is 11.1 Å². The van der Waals surface area contributed by atoms with E-state index in [-0.39, 0.29) is 30.1 Å². The van der Waals surface area contributed by atoms with Gasteiger partial charge in [0, 0.05) is 17.7 Å². The minimum Gasteiger partial charge on any atom is -0.508 e. The molecule has 1 saturated heterocycles. The van der Waals surface area contributed by atoms with E-state index in [2.05, 4.69) is 41.3 Å². The number of benzene rings is 4. The maximum atomic E-state index is 13.3. The number of nitrogens with zero attached hydrogens (tertiary/aromatic N) is 1. The molecule has 194 valence electrons. The summed E-state index contributed by atoms with van der Waals surface area (Å²) in [5.41, 5.74) is 5.21. The molecule has 0 spiro atoms. The zero-order chi connectivity index (χ0) is 26.6. The zero-order valence-corrected chi connectivity index (χ0v) is 21.7. The highest BCUT2D eigenvalue weighted by Crippen LogP contribution is 2.47. The molecule has 0 amide bonds. The quantitative estimate of drug-likeness (QED) is 0.213. The predicted molar refractivity (Wildman–Crippen MR) is 152 cm³/mol. The Morgan fingerprint density at radius 3 is 2.24 bits per heavy atom. The minimum absolute atomic E-state index is 0.0391. The molecule has 1 aliphatic heterocycles. The van der Waals surface area contributed by atoms with E-state index < -0.39 is 6.10 Å². The van der Waals surface area contributed by atoms with Crippen LogP contribution in [0.3, 0.4) is 0 Å². The first-order chi connectivity index (χ1) is 18.4. The van der Waals surface area contributed by atoms with Crippen molar-refractivity contribution >= 4 is 22.9 Å². The van der Waals surface area contributed by atoms with Gasteiger partial charge in [0.2, 0.25) is 0 Å². The number of anilines is 1. The smallest absolute Gasteiger partial charge is 0.123 e. The van der Waals surface area contributed by atoms with Gasteiger partial charge in [-0.05, 0) is 71.3 Å². The number of aromatic hydroxyl groups is 1. The third-order valence-electron chi connectivity index (χ3n) is 7.34. The molecule has 3 atom stereocenters. The van der Waals surface area contributed by atoms with Gasteiger partial charge in [0.25, 0.3) is 0 Å². The van der Waals surface area contributed by atoms with Gasteiger partial charge in [-0.1, -0.05) is 78.9 Å². The maximum absolute atomic E-state index is 13.3. The van der Waals surface area contributed by atoms with Crippen LogP contribution < -0.4 is 4.90 Å². The normalized spacial score (nSPS) is 18.1. The zero-order valence-electron chi connectivity index (χ0n) is 20.9. The first-order valence-electron chi connectivity index (χ1n) is 12.8. The van der Waals surface area contributed by atoms with E-state index in [4.69, 9.17) is 12.2 Å². The molecular weight excluding hydrogens is 497 g/mol. The number of rotatable bonds is 8. The molecule has 4 aromatic carbocycles. The van der Waals surface area contributed by atoms with Crippen LogP contribution in [0.5, 0.6) is 5.75 Å². The standard InChI is InChI=1S/C32H30FNO3S/c33-26-12-7-24(8-13-26)29(36)17-11-25-19-31(38)34(32(25)28-16-6-21(20-35)18-30(28)37)27-14-9-23(10-15-27)22-4-2-1-3-5-22/h1-10,12-16,18,25,29,32,35-37H,11,17,19-20H2/t25-,29+,32+/m1/s1. The Balaban J connectivity index is 1.45. The molecule has 4 nitrogen and oxygen atoms in total. The number of hydrogen-bond donors (Lipinski definition) is 3. The number of aliphatic hydroxyl groups is 2. The Hall–Kier alpha value is -3.58. The fraction of sp³-hybridized carbons (Fsp3) is 0.219. The van der Waals surface area contributed by atoms with E-state index in [1.807, 2.05) is 30.3 Å². The summed E-state index contributed by atoms with van der Waals surface area (Å²) in [5.74, 6) is -0.184. The van der Waals surface area contributed by atoms with Gasteiger partial charge in [-0.15, -0.1) is 0 Å². The van der Waals surface area contributed by atoms with E-state index in [1.165, 1.54) is 12.1 Å². The van der Waals surface area contributed by atoms with Gasteiger partial charge in [0.15, 0.2) is 0 Å². The van der Waals surface area contributed by atoms with Crippen molar-refractivity contribution in [1.82, 2.24) is 0 Å². The largest absolute Gasteiger partial charge is 0.508 e. The van der Waals surface area contributed by atoms with E-state index in [0.29, 0.717) is 30.4 Å². The third kappa shape index (κ3) is 5.48. The molecule has 5 rings (SSSR count). The monoisotopic (exact) mass is 527 g/mol. The maximum Gasteiger partial charge on any atom is 0.123 e. The van der Waals surface area contributed by atoms with E-state index >= 15 is 0 Å². The fourth-order valence-corrected chi connectivity index (χ4v) is 5.80. The summed E-state index contributed by atoms with van der Waals surface area (Å²) in [7, 11) is 0. The molecule has 3 N–H and O–H groups in total. The van der Waals surface area contributed by atoms with Crippen LogP contribution in [0.15, 0.2) is 97.1 Å². The Bertz CT molecular complexity index is 1390. The minimum atomic E-state index is -0.727. The van der Waals surface area contributed by atoms with Gasteiger partial charge >= 0.3 is 0 Å². The highest BCUT2D eigenvalue weighted by atomic mass is 32.1. The Morgan fingerprint density at radius 1 is 0.895 bits per heavy atom. The second-order valence-electron chi connectivity index (χ2n) is 9.78. The number of hydrogen-bond acceptors (Lipinski definition) is 4. The average Bonchev–Trinajstić information content (AvgIpc) is 3.28. The third-order valence-corrected chi connectivity index (χ3v) is 7.71. The van der Waals surface area contributed by atoms with Crippen molar-refractivity contribution in [3.63, 3.8) is 0 Å². The number of aliphatic hydroxyl groups excluding tert-OH is 2. The van der Waals surface area contributed by atoms with Crippen LogP contribution in [0.2, 0.25) is 0 Å². The summed E-state index contributed by atoms with van der Waals surface area (Å²) in [4.78, 5) is 2.88. The van der Waals surface area contributed by atoms with Crippen molar-refractivity contribution in [3.8, 4) is 16.9 Å². The SMILES string of the molecule is OCc1ccc([C@@H]2[C@H](CC[C@H](O)c3ccc(F)cc3)CC(=S)N2c2ccc(-c3ccccc3)cc2)c(O)c1. The van der Waals surface area contributed by atoms with Crippen molar-refractivity contribution in [2.45, 2.75) is 38.0 Å². The first-order valence-corrected chi connectivity index (χ1v) is 13.2. The predicted octanol–water partition coefficient (Wildman–Crippen LogP) is 7.10. The van der Waals surface area contributed by atoms with Crippen molar-refractivity contribution in [2.75, 3.05) is 4.90 Å². The van der Waals surface area contributed by atoms with E-state index in [1.54, 1.807) is 18.2 Å². The first kappa shape index (κ1) is 26.0. The molecule has 0 aromatic heterocycles. The summed E-state index contributed by atoms with van der Waals surface area (Å²) in [6.45, 7) is -0.158. The molecular formula is C32H30FNO3S. The van der Waals surface area contributed by atoms with Gasteiger partial charge in [-0.25, -0.2) is 4.39 Å². The molecule has 4 aromatic rings. The summed E-state index contributed by atoms with van der Waals surface area (Å²) in [6.07, 6.45) is 1.04. The van der Waals surface area contributed by atoms with Crippen LogP contribution in [0.1, 0.15) is 48.1 Å². The van der Waals surface area contributed by atoms with Gasteiger partial charge in [-0.2, -0.15) is 0 Å². The summed E-state index contributed by atoms with van der Waals surface area (Å²) < 4.78 is 13.3. The molecule has 1 heterocycles. The van der Waals surface area contributed by atoms with Crippen LogP contribution in [0.4, 0.5) is 10.1 Å². The van der Waals surface area contributed by atoms with E-state index in [0.717, 1.165) is 27.4 Å². The Kier molecular flexibility index (Phi) is 7.84. The molecule has 0 unspecified atom stereocenters. The molecule has 1 aliphatic rings. The lowest BCUT2D eigenvalue weighted by Crippen LogP contribution is -2.28. The van der Waals surface area contributed by atoms with Crippen LogP contribution in [-0.4, -0.2) is 20.3 Å². The lowest BCUT2D eigenvalue weighted by atomic mass is 9.87. The molecule has 0 bridgehead atoms. The summed E-state index contributed by atoms with van der Waals surface area (Å²) >= 11 is 5.88. The molecule has 0 aliphatic carbocycles. The summed E-state index contributed by atoms with van der Waals surface area (Å²) in [5, 5.41) is 31.3. The van der Waals surface area contributed by atoms with Gasteiger partial charge in [0.05, 0.1) is 23.7 Å². The molecule has 1 fully saturated rings. The number of halogens is 1. The molecule has 6 heteroatoms. The molecule has 38 heavy (non-hydrogen) atoms. The average molecular weight is 528 g/mol. The number of thiocarbonyl (C=S) groups is 1. The lowest BCUT2D eigenvalue weighted by molar-refractivity contribution is 0.155. The van der Waals surface area contributed by atoms with Gasteiger partial charge in [-0.3, -0.25) is 0 Å². The topological polar surface area (TPSA) is 63.9 Å². The Labute approximate surface area is 227 Å². The summed E-state index contributed by atoms with van der Waals surface area (Å²) in [6, 6.07) is 29.4. The van der Waals surface area contributed by atoms with Gasteiger partial charge < -0.3 is 20.2 Å². The van der Waals surface area contributed by atoms with Crippen molar-refractivity contribution in [3.05, 3.63) is 120 Å². The molecule has 0 radical (unpaired) electrons. The van der Waals surface area contributed by atoms with Crippen LogP contribution in [-0.2, 0) is 6.61 Å². The second kappa shape index (κ2) is 11.4. The van der Waals surface area contributed by atoms with Crippen molar-refractivity contribution in [2.24, 2.45) is 5.92 Å². The highest BCUT2D eigenvalue weighted by molar-refractivity contribution is 7.80. The number of phenolic OH excluding ortho intramolecular Hbond substituents is 1. The fourth-order valence-electron chi connectivity index (χ4n) is 5.36. The van der Waals surface area contributed by atoms with Crippen LogP contribution >= 0.6 is 12.2 Å². The Morgan fingerprint density at radius 2 is 1.58 bits per heavy atom. The number of phenols is 1. The van der Waals surface area contributed by atoms with Crippen LogP contribution in [0, 0.1) is 11.7 Å². The molecule has 0 saturated carbocycles.